The molecule has 2 saturated carbocycles. The van der Waals surface area contributed by atoms with Gasteiger partial charge in [-0.05, 0) is 159 Å². The van der Waals surface area contributed by atoms with Crippen LogP contribution in [0.4, 0.5) is 17.6 Å². The summed E-state index contributed by atoms with van der Waals surface area (Å²) >= 11 is 0. The fourth-order valence-electron chi connectivity index (χ4n) is 15.3. The summed E-state index contributed by atoms with van der Waals surface area (Å²) in [5.74, 6) is 0.576. The lowest BCUT2D eigenvalue weighted by molar-refractivity contribution is -0.160. The van der Waals surface area contributed by atoms with Crippen LogP contribution in [-0.4, -0.2) is 176 Å². The first-order valence-corrected chi connectivity index (χ1v) is 34.6. The second kappa shape index (κ2) is 34.6. The van der Waals surface area contributed by atoms with E-state index in [4.69, 9.17) is 9.73 Å². The molecule has 4 aliphatic heterocycles. The Kier molecular flexibility index (Phi) is 28.1. The summed E-state index contributed by atoms with van der Waals surface area (Å²) in [6.07, 6.45) is 24.5. The van der Waals surface area contributed by atoms with Crippen LogP contribution in [0.25, 0.3) is 0 Å². The van der Waals surface area contributed by atoms with Crippen molar-refractivity contribution >= 4 is 11.6 Å². The number of hydrogen-bond acceptors (Lipinski definition) is 13. The Labute approximate surface area is 529 Å². The number of aliphatic imine (C=N–C) groups is 1. The summed E-state index contributed by atoms with van der Waals surface area (Å²) in [4.78, 5) is 31.4. The van der Waals surface area contributed by atoms with Gasteiger partial charge in [-0.25, -0.2) is 4.39 Å². The van der Waals surface area contributed by atoms with Crippen molar-refractivity contribution in [3.8, 4) is 0 Å². The zero-order valence-corrected chi connectivity index (χ0v) is 56.3. The van der Waals surface area contributed by atoms with Gasteiger partial charge in [-0.15, -0.1) is 0 Å². The van der Waals surface area contributed by atoms with Crippen molar-refractivity contribution in [1.82, 2.24) is 56.4 Å². The molecule has 14 nitrogen and oxygen atoms in total. The van der Waals surface area contributed by atoms with Crippen molar-refractivity contribution in [2.45, 2.75) is 244 Å². The van der Waals surface area contributed by atoms with Gasteiger partial charge in [0.15, 0.2) is 0 Å². The van der Waals surface area contributed by atoms with Crippen LogP contribution in [-0.2, 0) is 22.1 Å². The van der Waals surface area contributed by atoms with Crippen LogP contribution < -0.4 is 31.9 Å². The molecule has 1 aromatic rings. The van der Waals surface area contributed by atoms with E-state index in [2.05, 4.69) is 140 Å². The Hall–Kier alpha value is -4.04. The molecule has 498 valence electrons. The zero-order valence-electron chi connectivity index (χ0n) is 56.3. The topological polar surface area (TPSA) is 127 Å². The van der Waals surface area contributed by atoms with Gasteiger partial charge in [0.2, 0.25) is 5.91 Å². The molecule has 88 heavy (non-hydrogen) atoms. The van der Waals surface area contributed by atoms with Gasteiger partial charge in [-0.1, -0.05) is 72.8 Å². The van der Waals surface area contributed by atoms with Crippen molar-refractivity contribution in [1.29, 1.82) is 0 Å². The molecule has 5 unspecified atom stereocenters. The highest BCUT2D eigenvalue weighted by atomic mass is 19.4. The highest BCUT2D eigenvalue weighted by Gasteiger charge is 2.56. The van der Waals surface area contributed by atoms with E-state index in [1.165, 1.54) is 50.3 Å². The number of rotatable bonds is 13. The number of allylic oxidation sites excluding steroid dienone is 2. The molecule has 0 radical (unpaired) electrons. The van der Waals surface area contributed by atoms with E-state index in [0.717, 1.165) is 121 Å². The molecule has 11 atom stereocenters. The van der Waals surface area contributed by atoms with Crippen molar-refractivity contribution in [3.63, 3.8) is 0 Å². The van der Waals surface area contributed by atoms with E-state index < -0.39 is 17.6 Å². The van der Waals surface area contributed by atoms with Gasteiger partial charge in [0.25, 0.3) is 0 Å². The summed E-state index contributed by atoms with van der Waals surface area (Å²) in [7, 11) is 4.06. The third-order valence-electron chi connectivity index (χ3n) is 20.7. The number of likely N-dealkylation sites (tertiary alicyclic amines) is 1. The zero-order chi connectivity index (χ0) is 63.5. The number of aryl methyl sites for hydroxylation is 1. The number of halogens is 4. The van der Waals surface area contributed by atoms with E-state index >= 15 is 0 Å². The number of ether oxygens (including phenoxy) is 1. The smallest absolute Gasteiger partial charge is 0.390 e. The number of alkyl halides is 3. The molecule has 6 N–H and O–H groups in total. The van der Waals surface area contributed by atoms with Crippen LogP contribution in [0.2, 0.25) is 0 Å². The first kappa shape index (κ1) is 71.4. The van der Waals surface area contributed by atoms with E-state index in [-0.39, 0.29) is 59.8 Å². The molecule has 2 aliphatic carbocycles. The number of nitrogens with one attached hydrogen (secondary N) is 6. The minimum absolute atomic E-state index is 0.0397. The average molecular weight is 1240 g/mol. The molecule has 1 spiro atoms. The van der Waals surface area contributed by atoms with Crippen LogP contribution >= 0.6 is 0 Å². The Morgan fingerprint density at radius 3 is 2.27 bits per heavy atom. The number of benzene rings is 1. The Morgan fingerprint density at radius 2 is 1.59 bits per heavy atom. The van der Waals surface area contributed by atoms with E-state index in [1.54, 1.807) is 6.20 Å². The quantitative estimate of drug-likeness (QED) is 0.0832. The van der Waals surface area contributed by atoms with Crippen molar-refractivity contribution in [3.05, 3.63) is 83.6 Å². The average Bonchev–Trinajstić information content (AvgIpc) is 2.80. The van der Waals surface area contributed by atoms with Crippen LogP contribution in [0.3, 0.4) is 0 Å². The molecule has 6 aliphatic rings. The monoisotopic (exact) mass is 1230 g/mol. The lowest BCUT2D eigenvalue weighted by Gasteiger charge is -2.60. The number of likely N-dealkylation sites (N-methyl/N-ethyl adjacent to an activating group) is 1. The highest BCUT2D eigenvalue weighted by Crippen LogP contribution is 2.44. The molecule has 1 amide bonds. The van der Waals surface area contributed by atoms with Crippen LogP contribution in [0.5, 0.6) is 0 Å². The lowest BCUT2D eigenvalue weighted by atomic mass is 9.74. The first-order valence-electron chi connectivity index (χ1n) is 34.6. The molecule has 1 aromatic carbocycles. The van der Waals surface area contributed by atoms with E-state index in [9.17, 15) is 22.4 Å². The first-order chi connectivity index (χ1) is 42.1. The van der Waals surface area contributed by atoms with Gasteiger partial charge in [0.05, 0.1) is 23.8 Å². The van der Waals surface area contributed by atoms with Crippen molar-refractivity contribution in [2.24, 2.45) is 28.7 Å². The normalized spacial score (nSPS) is 29.9. The third-order valence-corrected chi connectivity index (χ3v) is 20.7. The minimum atomic E-state index is -4.76. The number of hydrogen-bond donors (Lipinski definition) is 6. The standard InChI is InChI=1S/C70H118F4N12O2/c1-13-40-88-47-60-45-82(11)39-35-77-58(27-25-56-26-28-61(62(71)42-56)70(72,73)74)29-32-75-33-34-76-48-69(30-17-18-31-69)81-53(8)67(57-22-15-16-23-57)86-55(10)66(68(87)84-36-19-20-37-84)65(86)44-78-52(7)63(41-49(3)4)79-43-64(50(5)14-2)80-51(6)54(9)85-38-21-24-59(85)46-83(60)12/h26,28-29,32,35,39,42,45-46,49-55,57,63-67,75-76,78-81H,13-25,27,30-31,33-34,36-38,40-41,43-44,47-48H2,1-12H3/t50-,51?,52?,53?,54-,55?,63-,64+,65?,66-,67+/m0/s1. The number of fused-ring (bicyclic) bond motifs is 2. The summed E-state index contributed by atoms with van der Waals surface area (Å²) in [5.41, 5.74) is 2.13. The fourth-order valence-corrected chi connectivity index (χ4v) is 15.3. The highest BCUT2D eigenvalue weighted by molar-refractivity contribution is 5.95. The molecule has 18 heteroatoms. The maximum atomic E-state index is 14.8. The molecule has 7 rings (SSSR count). The van der Waals surface area contributed by atoms with Crippen molar-refractivity contribution < 1.29 is 27.1 Å². The number of carbonyl (C=O) groups is 1. The molecule has 3 saturated heterocycles. The number of nitrogens with zero attached hydrogens (tertiary/aromatic N) is 6. The predicted octanol–water partition coefficient (Wildman–Crippen LogP) is 11.4. The Morgan fingerprint density at radius 1 is 0.852 bits per heavy atom. The van der Waals surface area contributed by atoms with Gasteiger partial charge in [0, 0.05) is 169 Å². The SMILES string of the molecule is CCCOCC1=CN(C)C=CN=C(CCc2ccc(C(F)(F)F)c(F)c2)C=CNCCNCC2(CCCC2)NC(C)[C@H](C2CCCC2)N2C(C)[C@H](C(=O)N3CCCC3)C2CNC(C)[C@H](CC(C)C)NC[C@H]([C@@H](C)CC)NC(C)[C@H](C)N2CCCC2=CN1C. The fraction of sp³-hybridized carbons (Fsp3) is 0.771. The Bertz CT molecular complexity index is 2430. The van der Waals surface area contributed by atoms with E-state index in [0.29, 0.717) is 73.6 Å². The van der Waals surface area contributed by atoms with Gasteiger partial charge >= 0.3 is 6.18 Å². The molecule has 5 fully saturated rings. The molecule has 4 heterocycles. The van der Waals surface area contributed by atoms with Gasteiger partial charge < -0.3 is 56.2 Å². The molecule has 0 aromatic heterocycles. The second-order valence-corrected chi connectivity index (χ2v) is 27.9. The summed E-state index contributed by atoms with van der Waals surface area (Å²) in [5, 5.41) is 24.2. The maximum Gasteiger partial charge on any atom is 0.419 e. The minimum Gasteiger partial charge on any atom is -0.390 e. The van der Waals surface area contributed by atoms with Crippen LogP contribution in [0.15, 0.2) is 71.7 Å². The molecular formula is C70H118F4N12O2. The largest absolute Gasteiger partial charge is 0.419 e. The maximum absolute atomic E-state index is 14.8. The van der Waals surface area contributed by atoms with Crippen LogP contribution in [0, 0.1) is 29.5 Å². The van der Waals surface area contributed by atoms with Gasteiger partial charge in [-0.3, -0.25) is 14.7 Å². The van der Waals surface area contributed by atoms with Gasteiger partial charge in [0.1, 0.15) is 5.82 Å². The second-order valence-electron chi connectivity index (χ2n) is 27.9. The summed E-state index contributed by atoms with van der Waals surface area (Å²) in [6.45, 7) is 31.1. The van der Waals surface area contributed by atoms with Gasteiger partial charge in [-0.2, -0.15) is 13.2 Å². The summed E-state index contributed by atoms with van der Waals surface area (Å²) < 4.78 is 61.4. The summed E-state index contributed by atoms with van der Waals surface area (Å²) in [6, 6.07) is 5.11. The van der Waals surface area contributed by atoms with Crippen LogP contribution in [0.1, 0.15) is 183 Å². The number of carbonyl (C=O) groups excluding carboxylic acids is 1. The predicted molar refractivity (Wildman–Crippen MR) is 353 cm³/mol. The van der Waals surface area contributed by atoms with Crippen molar-refractivity contribution in [2.75, 3.05) is 79.7 Å². The lowest BCUT2D eigenvalue weighted by Crippen LogP contribution is -2.76. The molecule has 0 bridgehead atoms. The Balaban J connectivity index is 1.19. The third kappa shape index (κ3) is 20.0. The molecular weight excluding hydrogens is 1120 g/mol. The number of amides is 1. The van der Waals surface area contributed by atoms with E-state index in [1.807, 2.05) is 30.4 Å².